The van der Waals surface area contributed by atoms with Crippen molar-refractivity contribution in [2.24, 2.45) is 7.05 Å². The predicted octanol–water partition coefficient (Wildman–Crippen LogP) is 2.04. The van der Waals surface area contributed by atoms with Gasteiger partial charge in [0.1, 0.15) is 0 Å². The molecule has 1 aromatic rings. The molecule has 1 fully saturated rings. The van der Waals surface area contributed by atoms with Gasteiger partial charge in [-0.25, -0.2) is 0 Å². The van der Waals surface area contributed by atoms with Crippen molar-refractivity contribution < 1.29 is 4.74 Å². The summed E-state index contributed by atoms with van der Waals surface area (Å²) in [6.07, 6.45) is 3.82. The van der Waals surface area contributed by atoms with E-state index in [0.717, 1.165) is 35.8 Å². The molecule has 2 rings (SSSR count). The molecule has 17 heavy (non-hydrogen) atoms. The summed E-state index contributed by atoms with van der Waals surface area (Å²) in [7, 11) is 3.72. The maximum atomic E-state index is 6.21. The van der Waals surface area contributed by atoms with Gasteiger partial charge in [-0.1, -0.05) is 11.6 Å². The lowest BCUT2D eigenvalue weighted by molar-refractivity contribution is 0.107. The van der Waals surface area contributed by atoms with Crippen molar-refractivity contribution in [3.63, 3.8) is 0 Å². The van der Waals surface area contributed by atoms with Gasteiger partial charge >= 0.3 is 0 Å². The van der Waals surface area contributed by atoms with Crippen LogP contribution >= 0.6 is 11.6 Å². The maximum absolute atomic E-state index is 6.21. The number of hydrogen-bond acceptors (Lipinski definition) is 3. The van der Waals surface area contributed by atoms with Crippen molar-refractivity contribution in [3.05, 3.63) is 16.4 Å². The van der Waals surface area contributed by atoms with Crippen LogP contribution in [0.1, 0.15) is 30.7 Å². The molecule has 1 aliphatic rings. The smallest absolute Gasteiger partial charge is 0.0860 e. The predicted molar refractivity (Wildman–Crippen MR) is 68.2 cm³/mol. The number of nitrogens with zero attached hydrogens (tertiary/aromatic N) is 2. The average molecular weight is 258 g/mol. The molecule has 1 heterocycles. The van der Waals surface area contributed by atoms with Gasteiger partial charge in [-0.05, 0) is 26.2 Å². The van der Waals surface area contributed by atoms with Crippen molar-refractivity contribution in [1.82, 2.24) is 15.1 Å². The number of nitrogens with one attached hydrogen (secondary N) is 1. The zero-order chi connectivity index (χ0) is 12.4. The van der Waals surface area contributed by atoms with E-state index >= 15 is 0 Å². The number of aryl methyl sites for hydroxylation is 2. The van der Waals surface area contributed by atoms with Crippen LogP contribution in [0.2, 0.25) is 5.02 Å². The summed E-state index contributed by atoms with van der Waals surface area (Å²) in [6.45, 7) is 2.71. The van der Waals surface area contributed by atoms with Crippen LogP contribution in [-0.4, -0.2) is 29.0 Å². The van der Waals surface area contributed by atoms with Gasteiger partial charge in [-0.15, -0.1) is 0 Å². The normalized spacial score (nSPS) is 24.5. The lowest BCUT2D eigenvalue weighted by Gasteiger charge is -2.13. The van der Waals surface area contributed by atoms with Crippen molar-refractivity contribution in [3.8, 4) is 0 Å². The summed E-state index contributed by atoms with van der Waals surface area (Å²) in [6, 6.07) is 0.534. The number of aromatic nitrogens is 2. The van der Waals surface area contributed by atoms with Crippen LogP contribution in [0.4, 0.5) is 0 Å². The Bertz CT molecular complexity index is 391. The molecule has 0 radical (unpaired) electrons. The van der Waals surface area contributed by atoms with E-state index in [1.165, 1.54) is 6.42 Å². The van der Waals surface area contributed by atoms with Crippen molar-refractivity contribution in [2.75, 3.05) is 7.11 Å². The van der Waals surface area contributed by atoms with Gasteiger partial charge in [0.15, 0.2) is 0 Å². The summed E-state index contributed by atoms with van der Waals surface area (Å²) in [5, 5.41) is 8.62. The van der Waals surface area contributed by atoms with Gasteiger partial charge in [0.2, 0.25) is 0 Å². The average Bonchev–Trinajstić information content (AvgIpc) is 2.84. The fourth-order valence-corrected chi connectivity index (χ4v) is 2.68. The highest BCUT2D eigenvalue weighted by molar-refractivity contribution is 6.31. The number of halogens is 1. The highest BCUT2D eigenvalue weighted by Gasteiger charge is 2.24. The van der Waals surface area contributed by atoms with Crippen LogP contribution in [0.25, 0.3) is 0 Å². The van der Waals surface area contributed by atoms with Gasteiger partial charge in [-0.3, -0.25) is 4.68 Å². The number of ether oxygens (including phenoxy) is 1. The Balaban J connectivity index is 1.90. The molecule has 1 aliphatic carbocycles. The van der Waals surface area contributed by atoms with E-state index in [1.807, 2.05) is 18.7 Å². The molecule has 0 aliphatic heterocycles. The molecule has 4 nitrogen and oxygen atoms in total. The first-order chi connectivity index (χ1) is 8.11. The topological polar surface area (TPSA) is 39.1 Å². The third-order valence-electron chi connectivity index (χ3n) is 3.54. The lowest BCUT2D eigenvalue weighted by Crippen LogP contribution is -2.27. The molecule has 5 heteroatoms. The first-order valence-corrected chi connectivity index (χ1v) is 6.43. The highest BCUT2D eigenvalue weighted by atomic mass is 35.5. The minimum absolute atomic E-state index is 0.413. The van der Waals surface area contributed by atoms with Crippen LogP contribution in [0, 0.1) is 6.92 Å². The second-order valence-corrected chi connectivity index (χ2v) is 5.10. The Hall–Kier alpha value is -0.580. The van der Waals surface area contributed by atoms with Crippen molar-refractivity contribution in [1.29, 1.82) is 0 Å². The fraction of sp³-hybridized carbons (Fsp3) is 0.750. The van der Waals surface area contributed by atoms with E-state index in [9.17, 15) is 0 Å². The SMILES string of the molecule is COC1CCC(NCc2c(Cl)c(C)nn2C)C1. The molecule has 96 valence electrons. The molecule has 0 aromatic carbocycles. The fourth-order valence-electron chi connectivity index (χ4n) is 2.45. The minimum Gasteiger partial charge on any atom is -0.381 e. The van der Waals surface area contributed by atoms with Crippen LogP contribution in [-0.2, 0) is 18.3 Å². The first-order valence-electron chi connectivity index (χ1n) is 6.06. The Labute approximate surface area is 107 Å². The Kier molecular flexibility index (Phi) is 4.07. The Morgan fingerprint density at radius 3 is 2.82 bits per heavy atom. The van der Waals surface area contributed by atoms with Crippen LogP contribution in [0.3, 0.4) is 0 Å². The Morgan fingerprint density at radius 2 is 2.29 bits per heavy atom. The third-order valence-corrected chi connectivity index (χ3v) is 4.03. The van der Waals surface area contributed by atoms with Gasteiger partial charge in [0, 0.05) is 26.7 Å². The van der Waals surface area contributed by atoms with Crippen LogP contribution in [0.15, 0.2) is 0 Å². The zero-order valence-electron chi connectivity index (χ0n) is 10.7. The van der Waals surface area contributed by atoms with E-state index in [4.69, 9.17) is 16.3 Å². The summed E-state index contributed by atoms with van der Waals surface area (Å²) >= 11 is 6.21. The molecule has 0 spiro atoms. The molecule has 2 atom stereocenters. The van der Waals surface area contributed by atoms with E-state index in [-0.39, 0.29) is 0 Å². The van der Waals surface area contributed by atoms with Gasteiger partial charge in [0.05, 0.1) is 22.5 Å². The molecule has 0 saturated heterocycles. The number of hydrogen-bond donors (Lipinski definition) is 1. The lowest BCUT2D eigenvalue weighted by atomic mass is 10.2. The molecule has 0 amide bonds. The summed E-state index contributed by atoms with van der Waals surface area (Å²) in [5.74, 6) is 0. The van der Waals surface area contributed by atoms with Gasteiger partial charge in [0.25, 0.3) is 0 Å². The Morgan fingerprint density at radius 1 is 1.53 bits per heavy atom. The molecule has 2 unspecified atom stereocenters. The van der Waals surface area contributed by atoms with E-state index in [2.05, 4.69) is 10.4 Å². The minimum atomic E-state index is 0.413. The van der Waals surface area contributed by atoms with Crippen LogP contribution < -0.4 is 5.32 Å². The second kappa shape index (κ2) is 5.38. The van der Waals surface area contributed by atoms with E-state index in [0.29, 0.717) is 12.1 Å². The summed E-state index contributed by atoms with van der Waals surface area (Å²) < 4.78 is 7.22. The number of methoxy groups -OCH3 is 1. The number of rotatable bonds is 4. The van der Waals surface area contributed by atoms with Gasteiger partial charge < -0.3 is 10.1 Å². The highest BCUT2D eigenvalue weighted by Crippen LogP contribution is 2.23. The molecule has 1 N–H and O–H groups in total. The molecule has 1 saturated carbocycles. The van der Waals surface area contributed by atoms with Gasteiger partial charge in [-0.2, -0.15) is 5.10 Å². The summed E-state index contributed by atoms with van der Waals surface area (Å²) in [4.78, 5) is 0. The zero-order valence-corrected chi connectivity index (χ0v) is 11.4. The molecular weight excluding hydrogens is 238 g/mol. The first kappa shape index (κ1) is 12.9. The second-order valence-electron chi connectivity index (χ2n) is 4.72. The van der Waals surface area contributed by atoms with Crippen molar-refractivity contribution in [2.45, 2.75) is 44.9 Å². The standard InChI is InChI=1S/C12H20ClN3O/c1-8-12(13)11(16(2)15-8)7-14-9-4-5-10(6-9)17-3/h9-10,14H,4-7H2,1-3H3. The molecule has 0 bridgehead atoms. The maximum Gasteiger partial charge on any atom is 0.0860 e. The van der Waals surface area contributed by atoms with Crippen molar-refractivity contribution >= 4 is 11.6 Å². The van der Waals surface area contributed by atoms with Crippen LogP contribution in [0.5, 0.6) is 0 Å². The molecular formula is C12H20ClN3O. The monoisotopic (exact) mass is 257 g/mol. The quantitative estimate of drug-likeness (QED) is 0.897. The molecule has 1 aromatic heterocycles. The third kappa shape index (κ3) is 2.81. The van der Waals surface area contributed by atoms with E-state index in [1.54, 1.807) is 7.11 Å². The van der Waals surface area contributed by atoms with E-state index < -0.39 is 0 Å². The largest absolute Gasteiger partial charge is 0.381 e. The summed E-state index contributed by atoms with van der Waals surface area (Å²) in [5.41, 5.74) is 1.96.